The highest BCUT2D eigenvalue weighted by atomic mass is 35.5. The molecule has 1 fully saturated rings. The van der Waals surface area contributed by atoms with Crippen molar-refractivity contribution in [1.29, 1.82) is 0 Å². The molecule has 0 saturated heterocycles. The zero-order valence-corrected chi connectivity index (χ0v) is 19.9. The molecule has 0 bridgehead atoms. The highest BCUT2D eigenvalue weighted by molar-refractivity contribution is 6.31. The van der Waals surface area contributed by atoms with Crippen LogP contribution in [0.3, 0.4) is 0 Å². The molecule has 1 aliphatic carbocycles. The topological polar surface area (TPSA) is 88.7 Å². The van der Waals surface area contributed by atoms with E-state index in [9.17, 15) is 14.0 Å². The summed E-state index contributed by atoms with van der Waals surface area (Å²) in [5.41, 5.74) is 0.780. The SMILES string of the molecule is O=C(COc1ccc(Cl)c(F)c1)N[C@H]1CC[C@H](CNC(=O)C2CNc3cc(Cl)ccc3O2)CC1. The quantitative estimate of drug-likeness (QED) is 0.521. The first-order valence-corrected chi connectivity index (χ1v) is 12.0. The molecule has 0 spiro atoms. The van der Waals surface area contributed by atoms with Crippen LogP contribution in [-0.2, 0) is 9.59 Å². The summed E-state index contributed by atoms with van der Waals surface area (Å²) in [5.74, 6) is 0.201. The molecule has 10 heteroatoms. The number of fused-ring (bicyclic) bond motifs is 1. The molecule has 3 N–H and O–H groups in total. The number of carbonyl (C=O) groups is 2. The van der Waals surface area contributed by atoms with E-state index < -0.39 is 11.9 Å². The maximum absolute atomic E-state index is 13.5. The van der Waals surface area contributed by atoms with Crippen molar-refractivity contribution in [2.24, 2.45) is 5.92 Å². The lowest BCUT2D eigenvalue weighted by atomic mass is 9.86. The smallest absolute Gasteiger partial charge is 0.262 e. The zero-order valence-electron chi connectivity index (χ0n) is 18.4. The van der Waals surface area contributed by atoms with Crippen LogP contribution in [0, 0.1) is 11.7 Å². The second-order valence-electron chi connectivity index (χ2n) is 8.52. The van der Waals surface area contributed by atoms with Crippen LogP contribution in [0.15, 0.2) is 36.4 Å². The summed E-state index contributed by atoms with van der Waals surface area (Å²) in [4.78, 5) is 24.7. The molecular formula is C24H26Cl2FN3O4. The van der Waals surface area contributed by atoms with E-state index in [4.69, 9.17) is 32.7 Å². The number of carbonyl (C=O) groups excluding carboxylic acids is 2. The molecule has 2 amide bonds. The Morgan fingerprint density at radius 1 is 1.12 bits per heavy atom. The first kappa shape index (κ1) is 24.4. The van der Waals surface area contributed by atoms with Crippen molar-refractivity contribution in [2.45, 2.75) is 37.8 Å². The van der Waals surface area contributed by atoms with Crippen LogP contribution in [-0.4, -0.2) is 43.7 Å². The Labute approximate surface area is 207 Å². The van der Waals surface area contributed by atoms with E-state index in [1.165, 1.54) is 12.1 Å². The fourth-order valence-electron chi connectivity index (χ4n) is 4.14. The molecule has 0 radical (unpaired) electrons. The predicted molar refractivity (Wildman–Crippen MR) is 128 cm³/mol. The molecule has 1 saturated carbocycles. The van der Waals surface area contributed by atoms with Crippen molar-refractivity contribution in [3.63, 3.8) is 0 Å². The van der Waals surface area contributed by atoms with Crippen LogP contribution < -0.4 is 25.4 Å². The van der Waals surface area contributed by atoms with E-state index >= 15 is 0 Å². The molecule has 34 heavy (non-hydrogen) atoms. The Balaban J connectivity index is 1.14. The first-order valence-electron chi connectivity index (χ1n) is 11.2. The lowest BCUT2D eigenvalue weighted by Gasteiger charge is -2.30. The average Bonchev–Trinajstić information content (AvgIpc) is 2.84. The van der Waals surface area contributed by atoms with Crippen LogP contribution in [0.5, 0.6) is 11.5 Å². The maximum atomic E-state index is 13.5. The van der Waals surface area contributed by atoms with Crippen molar-refractivity contribution in [2.75, 3.05) is 25.0 Å². The molecule has 1 aliphatic heterocycles. The van der Waals surface area contributed by atoms with Gasteiger partial charge in [-0.2, -0.15) is 0 Å². The highest BCUT2D eigenvalue weighted by Gasteiger charge is 2.28. The monoisotopic (exact) mass is 509 g/mol. The first-order chi connectivity index (χ1) is 16.4. The number of hydrogen-bond acceptors (Lipinski definition) is 5. The predicted octanol–water partition coefficient (Wildman–Crippen LogP) is 4.18. The largest absolute Gasteiger partial charge is 0.484 e. The third kappa shape index (κ3) is 6.45. The van der Waals surface area contributed by atoms with Crippen LogP contribution >= 0.6 is 23.2 Å². The molecule has 2 aliphatic rings. The summed E-state index contributed by atoms with van der Waals surface area (Å²) in [7, 11) is 0. The van der Waals surface area contributed by atoms with E-state index in [-0.39, 0.29) is 35.2 Å². The normalized spacial score (nSPS) is 21.4. The van der Waals surface area contributed by atoms with Crippen molar-refractivity contribution in [3.05, 3.63) is 52.3 Å². The second-order valence-corrected chi connectivity index (χ2v) is 9.37. The highest BCUT2D eigenvalue weighted by Crippen LogP contribution is 2.31. The van der Waals surface area contributed by atoms with Crippen molar-refractivity contribution in [1.82, 2.24) is 10.6 Å². The third-order valence-corrected chi connectivity index (χ3v) is 6.56. The Hall–Kier alpha value is -2.71. The number of ether oxygens (including phenoxy) is 2. The van der Waals surface area contributed by atoms with Gasteiger partial charge < -0.3 is 25.4 Å². The van der Waals surface area contributed by atoms with Gasteiger partial charge in [0.25, 0.3) is 11.8 Å². The van der Waals surface area contributed by atoms with Crippen LogP contribution in [0.25, 0.3) is 0 Å². The number of rotatable bonds is 7. The Morgan fingerprint density at radius 2 is 1.91 bits per heavy atom. The molecule has 1 atom stereocenters. The maximum Gasteiger partial charge on any atom is 0.262 e. The molecule has 0 aromatic heterocycles. The van der Waals surface area contributed by atoms with Gasteiger partial charge in [0.15, 0.2) is 12.7 Å². The molecule has 1 heterocycles. The summed E-state index contributed by atoms with van der Waals surface area (Å²) < 4.78 is 24.6. The molecular weight excluding hydrogens is 484 g/mol. The summed E-state index contributed by atoms with van der Waals surface area (Å²) in [6, 6.07) is 9.35. The van der Waals surface area contributed by atoms with Gasteiger partial charge in [-0.1, -0.05) is 23.2 Å². The summed E-state index contributed by atoms with van der Waals surface area (Å²) >= 11 is 11.6. The molecule has 2 aromatic rings. The fraction of sp³-hybridized carbons (Fsp3) is 0.417. The van der Waals surface area contributed by atoms with E-state index in [0.29, 0.717) is 29.8 Å². The van der Waals surface area contributed by atoms with Crippen molar-refractivity contribution >= 4 is 40.7 Å². The van der Waals surface area contributed by atoms with Gasteiger partial charge in [0, 0.05) is 23.7 Å². The number of hydrogen-bond donors (Lipinski definition) is 3. The molecule has 182 valence electrons. The fourth-order valence-corrected chi connectivity index (χ4v) is 4.43. The average molecular weight is 510 g/mol. The van der Waals surface area contributed by atoms with E-state index in [1.807, 2.05) is 0 Å². The molecule has 7 nitrogen and oxygen atoms in total. The minimum Gasteiger partial charge on any atom is -0.484 e. The standard InChI is InChI=1S/C24H26Cl2FN3O4/c25-15-3-8-21-20(9-15)28-12-22(34-21)24(32)29-11-14-1-4-16(5-2-14)30-23(31)13-33-17-6-7-18(26)19(27)10-17/h3,6-10,14,16,22,28H,1-2,4-5,11-13H2,(H,29,32)(H,30,31)/t14-,16-,22?. The van der Waals surface area contributed by atoms with E-state index in [0.717, 1.165) is 37.4 Å². The van der Waals surface area contributed by atoms with Gasteiger partial charge in [-0.05, 0) is 61.9 Å². The van der Waals surface area contributed by atoms with Gasteiger partial charge >= 0.3 is 0 Å². The van der Waals surface area contributed by atoms with Gasteiger partial charge in [0.2, 0.25) is 0 Å². The molecule has 1 unspecified atom stereocenters. The number of nitrogens with one attached hydrogen (secondary N) is 3. The lowest BCUT2D eigenvalue weighted by molar-refractivity contribution is -0.127. The third-order valence-electron chi connectivity index (χ3n) is 6.02. The van der Waals surface area contributed by atoms with Gasteiger partial charge in [-0.25, -0.2) is 4.39 Å². The molecule has 2 aromatic carbocycles. The van der Waals surface area contributed by atoms with Gasteiger partial charge in [-0.3, -0.25) is 9.59 Å². The Kier molecular flexibility index (Phi) is 8.00. The number of amides is 2. The summed E-state index contributed by atoms with van der Waals surface area (Å²) in [6.45, 7) is 0.753. The van der Waals surface area contributed by atoms with Gasteiger partial charge in [0.05, 0.1) is 17.3 Å². The van der Waals surface area contributed by atoms with Crippen LogP contribution in [0.2, 0.25) is 10.0 Å². The van der Waals surface area contributed by atoms with Gasteiger partial charge in [0.1, 0.15) is 17.3 Å². The van der Waals surface area contributed by atoms with Crippen LogP contribution in [0.1, 0.15) is 25.7 Å². The van der Waals surface area contributed by atoms with Gasteiger partial charge in [-0.15, -0.1) is 0 Å². The van der Waals surface area contributed by atoms with Crippen molar-refractivity contribution < 1.29 is 23.5 Å². The number of benzene rings is 2. The Bertz CT molecular complexity index is 1050. The lowest BCUT2D eigenvalue weighted by Crippen LogP contribution is -2.46. The summed E-state index contributed by atoms with van der Waals surface area (Å²) in [6.07, 6.45) is 2.81. The molecule has 4 rings (SSSR count). The zero-order chi connectivity index (χ0) is 24.1. The van der Waals surface area contributed by atoms with E-state index in [2.05, 4.69) is 16.0 Å². The minimum absolute atomic E-state index is 0.00313. The number of halogens is 3. The van der Waals surface area contributed by atoms with Crippen LogP contribution in [0.4, 0.5) is 10.1 Å². The minimum atomic E-state index is -0.599. The Morgan fingerprint density at radius 3 is 2.68 bits per heavy atom. The summed E-state index contributed by atoms with van der Waals surface area (Å²) in [5, 5.41) is 9.73. The number of anilines is 1. The van der Waals surface area contributed by atoms with Crippen molar-refractivity contribution in [3.8, 4) is 11.5 Å². The second kappa shape index (κ2) is 11.1. The van der Waals surface area contributed by atoms with E-state index in [1.54, 1.807) is 18.2 Å².